The molecule has 1 aromatic carbocycles. The second-order valence-electron chi connectivity index (χ2n) is 6.66. The second-order valence-corrected chi connectivity index (χ2v) is 8.31. The van der Waals surface area contributed by atoms with Crippen LogP contribution in [0.4, 0.5) is 5.69 Å². The molecule has 2 aliphatic heterocycles. The molecule has 0 amide bonds. The average Bonchev–Trinajstić information content (AvgIpc) is 3.19. The van der Waals surface area contributed by atoms with Gasteiger partial charge in [-0.3, -0.25) is 0 Å². The quantitative estimate of drug-likeness (QED) is 0.812. The monoisotopic (exact) mass is 307 g/mol. The van der Waals surface area contributed by atoms with E-state index in [1.165, 1.54) is 12.8 Å². The Morgan fingerprint density at radius 3 is 3.00 bits per heavy atom. The van der Waals surface area contributed by atoms with Crippen molar-refractivity contribution in [3.63, 3.8) is 0 Å². The third-order valence-electron chi connectivity index (χ3n) is 4.79. The van der Waals surface area contributed by atoms with Crippen LogP contribution in [0.15, 0.2) is 29.2 Å². The highest BCUT2D eigenvalue weighted by molar-refractivity contribution is 7.96. The van der Waals surface area contributed by atoms with E-state index in [1.54, 1.807) is 12.1 Å². The van der Waals surface area contributed by atoms with Gasteiger partial charge in [-0.15, -0.1) is 4.72 Å². The third-order valence-corrected chi connectivity index (χ3v) is 6.43. The molecule has 3 aliphatic rings. The second kappa shape index (κ2) is 4.78. The highest BCUT2D eigenvalue weighted by Crippen LogP contribution is 2.36. The Bertz CT molecular complexity index is 604. The summed E-state index contributed by atoms with van der Waals surface area (Å²) in [6.45, 7) is 3.57. The lowest BCUT2D eigenvalue weighted by Gasteiger charge is -2.29. The first kappa shape index (κ1) is 13.7. The molecule has 2 fully saturated rings. The number of nitrogens with zero attached hydrogens (tertiary/aromatic N) is 1. The van der Waals surface area contributed by atoms with E-state index in [0.717, 1.165) is 32.0 Å². The van der Waals surface area contributed by atoms with Gasteiger partial charge in [0, 0.05) is 26.2 Å². The van der Waals surface area contributed by atoms with Gasteiger partial charge in [-0.2, -0.15) is 0 Å². The summed E-state index contributed by atoms with van der Waals surface area (Å²) in [5, 5.41) is 3.33. The molecule has 1 spiro atoms. The number of nitrogens with one attached hydrogen (secondary N) is 2. The fourth-order valence-electron chi connectivity index (χ4n) is 3.49. The minimum atomic E-state index is -3.45. The minimum absolute atomic E-state index is 0.363. The van der Waals surface area contributed by atoms with E-state index in [2.05, 4.69) is 14.9 Å². The number of para-hydroxylation sites is 1. The Labute approximate surface area is 126 Å². The Morgan fingerprint density at radius 2 is 2.19 bits per heavy atom. The Kier molecular flexibility index (Phi) is 3.11. The molecule has 1 saturated carbocycles. The van der Waals surface area contributed by atoms with Crippen LogP contribution in [0.1, 0.15) is 19.3 Å². The molecular formula is C15H21N3O2S. The van der Waals surface area contributed by atoms with E-state index in [9.17, 15) is 8.76 Å². The lowest BCUT2D eigenvalue weighted by Crippen LogP contribution is -2.55. The highest BCUT2D eigenvalue weighted by Gasteiger charge is 2.47. The van der Waals surface area contributed by atoms with Crippen molar-refractivity contribution < 1.29 is 8.76 Å². The number of fused-ring (bicyclic) bond motifs is 1. The van der Waals surface area contributed by atoms with E-state index in [4.69, 9.17) is 0 Å². The molecule has 2 N–H and O–H groups in total. The molecular weight excluding hydrogens is 286 g/mol. The predicted octanol–water partition coefficient (Wildman–Crippen LogP) is 1.46. The predicted molar refractivity (Wildman–Crippen MR) is 81.7 cm³/mol. The van der Waals surface area contributed by atoms with Gasteiger partial charge in [0.15, 0.2) is 15.3 Å². The van der Waals surface area contributed by atoms with Gasteiger partial charge in [0.2, 0.25) is 0 Å². The summed E-state index contributed by atoms with van der Waals surface area (Å²) in [4.78, 5) is 2.78. The van der Waals surface area contributed by atoms with Crippen molar-refractivity contribution in [2.75, 3.05) is 31.5 Å². The summed E-state index contributed by atoms with van der Waals surface area (Å²) in [7, 11) is -3.45. The molecule has 1 aromatic rings. The van der Waals surface area contributed by atoms with Crippen molar-refractivity contribution in [2.45, 2.75) is 29.7 Å². The molecule has 5 nitrogen and oxygen atoms in total. The number of likely N-dealkylation sites (tertiary alicyclic amines) is 1. The molecule has 1 aliphatic carbocycles. The largest absolute Gasteiger partial charge is 0.593 e. The average molecular weight is 307 g/mol. The van der Waals surface area contributed by atoms with Gasteiger partial charge in [-0.1, -0.05) is 16.3 Å². The van der Waals surface area contributed by atoms with Gasteiger partial charge in [0.25, 0.3) is 0 Å². The molecule has 2 heterocycles. The van der Waals surface area contributed by atoms with Gasteiger partial charge < -0.3 is 14.8 Å². The number of rotatable bonds is 2. The lowest BCUT2D eigenvalue weighted by atomic mass is 10.00. The van der Waals surface area contributed by atoms with Crippen LogP contribution in [0.3, 0.4) is 0 Å². The maximum absolute atomic E-state index is 12.6. The van der Waals surface area contributed by atoms with Crippen LogP contribution < -0.4 is 10.0 Å². The summed E-state index contributed by atoms with van der Waals surface area (Å²) in [5.74, 6) is 0.840. The van der Waals surface area contributed by atoms with Gasteiger partial charge in [0.05, 0.1) is 11.2 Å². The van der Waals surface area contributed by atoms with E-state index in [1.807, 2.05) is 12.1 Å². The highest BCUT2D eigenvalue weighted by atomic mass is 32.3. The molecule has 21 heavy (non-hydrogen) atoms. The van der Waals surface area contributed by atoms with E-state index >= 15 is 0 Å². The van der Waals surface area contributed by atoms with Crippen molar-refractivity contribution in [1.29, 1.82) is 0 Å². The van der Waals surface area contributed by atoms with E-state index in [-0.39, 0.29) is 5.54 Å². The molecule has 0 bridgehead atoms. The van der Waals surface area contributed by atoms with Crippen LogP contribution in [0.25, 0.3) is 0 Å². The first-order chi connectivity index (χ1) is 10.1. The van der Waals surface area contributed by atoms with Crippen molar-refractivity contribution in [3.05, 3.63) is 24.3 Å². The number of hydrogen-bond donors (Lipinski definition) is 2. The van der Waals surface area contributed by atoms with Crippen LogP contribution >= 0.6 is 0 Å². The zero-order chi connectivity index (χ0) is 14.5. The van der Waals surface area contributed by atoms with Crippen LogP contribution in [-0.2, 0) is 14.6 Å². The first-order valence-corrected chi connectivity index (χ1v) is 9.14. The zero-order valence-corrected chi connectivity index (χ0v) is 12.8. The lowest BCUT2D eigenvalue weighted by molar-refractivity contribution is 0.292. The summed E-state index contributed by atoms with van der Waals surface area (Å²) < 4.78 is 28.2. The molecule has 2 atom stereocenters. The van der Waals surface area contributed by atoms with Crippen molar-refractivity contribution in [1.82, 2.24) is 9.62 Å². The van der Waals surface area contributed by atoms with Crippen molar-refractivity contribution in [3.8, 4) is 0 Å². The maximum atomic E-state index is 12.6. The number of hydrogen-bond acceptors (Lipinski definition) is 4. The number of sulfonamides is 1. The van der Waals surface area contributed by atoms with E-state index in [0.29, 0.717) is 17.1 Å². The number of benzene rings is 1. The minimum Gasteiger partial charge on any atom is -0.593 e. The van der Waals surface area contributed by atoms with Crippen LogP contribution in [0.2, 0.25) is 0 Å². The Hall–Kier alpha value is -0.950. The Morgan fingerprint density at radius 1 is 1.38 bits per heavy atom. The normalized spacial score (nSPS) is 36.2. The van der Waals surface area contributed by atoms with Gasteiger partial charge in [-0.25, -0.2) is 0 Å². The molecule has 0 radical (unpaired) electrons. The van der Waals surface area contributed by atoms with Crippen molar-refractivity contribution in [2.24, 2.45) is 5.92 Å². The van der Waals surface area contributed by atoms with Crippen molar-refractivity contribution >= 4 is 16.1 Å². The summed E-state index contributed by atoms with van der Waals surface area (Å²) >= 11 is 0. The topological polar surface area (TPSA) is 67.4 Å². The van der Waals surface area contributed by atoms with E-state index < -0.39 is 10.4 Å². The fraction of sp³-hybridized carbons (Fsp3) is 0.600. The fourth-order valence-corrected chi connectivity index (χ4v) is 5.10. The third kappa shape index (κ3) is 2.61. The van der Waals surface area contributed by atoms with Gasteiger partial charge >= 0.3 is 0 Å². The molecule has 2 unspecified atom stereocenters. The first-order valence-electron chi connectivity index (χ1n) is 7.66. The van der Waals surface area contributed by atoms with Gasteiger partial charge in [0.1, 0.15) is 0 Å². The van der Waals surface area contributed by atoms with Crippen LogP contribution in [-0.4, -0.2) is 41.2 Å². The van der Waals surface area contributed by atoms with Gasteiger partial charge in [-0.05, 0) is 37.3 Å². The SMILES string of the molecule is O=[S+]1([O-])NC2(CCN(CC3CC3)C2)CNc2ccccc21. The summed E-state index contributed by atoms with van der Waals surface area (Å²) in [6.07, 6.45) is 3.54. The molecule has 0 aromatic heterocycles. The molecule has 6 heteroatoms. The molecule has 4 rings (SSSR count). The number of anilines is 1. The Balaban J connectivity index is 1.58. The molecule has 114 valence electrons. The zero-order valence-electron chi connectivity index (χ0n) is 12.0. The summed E-state index contributed by atoms with van der Waals surface area (Å²) in [5.41, 5.74) is 0.342. The smallest absolute Gasteiger partial charge is 0.198 e. The van der Waals surface area contributed by atoms with Crippen LogP contribution in [0.5, 0.6) is 0 Å². The molecule has 1 saturated heterocycles. The van der Waals surface area contributed by atoms with Crippen LogP contribution in [0, 0.1) is 5.92 Å². The summed E-state index contributed by atoms with van der Waals surface area (Å²) in [6, 6.07) is 7.14. The maximum Gasteiger partial charge on any atom is 0.198 e. The standard InChI is InChI=1S/C15H21N3O2S/c19-21(20)14-4-2-1-3-13(14)16-10-15(17-21)7-8-18(11-15)9-12-5-6-12/h1-4,12,16H,5-11H2,(H-,17,19,20).